The Labute approximate surface area is 215 Å². The van der Waals surface area contributed by atoms with Gasteiger partial charge in [0.1, 0.15) is 5.75 Å². The second kappa shape index (κ2) is 10.1. The molecule has 2 aliphatic rings. The summed E-state index contributed by atoms with van der Waals surface area (Å²) < 4.78 is 16.3. The molecule has 1 saturated heterocycles. The Morgan fingerprint density at radius 2 is 1.70 bits per heavy atom. The lowest BCUT2D eigenvalue weighted by Crippen LogP contribution is -2.35. The van der Waals surface area contributed by atoms with Crippen molar-refractivity contribution in [1.82, 2.24) is 4.90 Å². The normalized spacial score (nSPS) is 20.6. The molecule has 0 unspecified atom stereocenters. The molecular weight excluding hydrogens is 472 g/mol. The molecule has 3 aromatic carbocycles. The van der Waals surface area contributed by atoms with Crippen molar-refractivity contribution in [3.8, 4) is 17.2 Å². The van der Waals surface area contributed by atoms with Crippen LogP contribution in [0.25, 0.3) is 0 Å². The number of rotatable bonds is 7. The van der Waals surface area contributed by atoms with Gasteiger partial charge in [0.05, 0.1) is 19.6 Å². The van der Waals surface area contributed by atoms with Gasteiger partial charge in [-0.2, -0.15) is 0 Å². The van der Waals surface area contributed by atoms with Gasteiger partial charge in [-0.15, -0.1) is 0 Å². The van der Waals surface area contributed by atoms with Crippen LogP contribution in [0.1, 0.15) is 34.2 Å². The molecule has 1 fully saturated rings. The van der Waals surface area contributed by atoms with E-state index in [4.69, 9.17) is 14.2 Å². The van der Waals surface area contributed by atoms with E-state index in [2.05, 4.69) is 5.32 Å². The molecule has 3 aromatic rings. The SMILES string of the molecule is COc1ccc([C@@H]2[C@@H](C(=O)O)[C@@H](c3ccc4c(c3)OCO4)CN2CC(=O)Nc2ccc(C)c(C)c2)cc1. The van der Waals surface area contributed by atoms with E-state index >= 15 is 0 Å². The fraction of sp³-hybridized carbons (Fsp3) is 0.310. The number of carbonyl (C=O) groups is 2. The van der Waals surface area contributed by atoms with Crippen molar-refractivity contribution in [3.05, 3.63) is 82.9 Å². The van der Waals surface area contributed by atoms with Gasteiger partial charge in [-0.1, -0.05) is 24.3 Å². The fourth-order valence-corrected chi connectivity index (χ4v) is 5.28. The minimum atomic E-state index is -0.916. The lowest BCUT2D eigenvalue weighted by molar-refractivity contribution is -0.143. The van der Waals surface area contributed by atoms with Crippen LogP contribution in [-0.2, 0) is 9.59 Å². The van der Waals surface area contributed by atoms with Crippen LogP contribution in [0, 0.1) is 19.8 Å². The van der Waals surface area contributed by atoms with E-state index in [1.165, 1.54) is 0 Å². The van der Waals surface area contributed by atoms with Crippen molar-refractivity contribution < 1.29 is 28.9 Å². The lowest BCUT2D eigenvalue weighted by atomic mass is 9.82. The summed E-state index contributed by atoms with van der Waals surface area (Å²) in [5.74, 6) is -0.312. The molecule has 8 heteroatoms. The Morgan fingerprint density at radius 3 is 2.41 bits per heavy atom. The highest BCUT2D eigenvalue weighted by atomic mass is 16.7. The van der Waals surface area contributed by atoms with Gasteiger partial charge in [0.15, 0.2) is 11.5 Å². The highest BCUT2D eigenvalue weighted by Gasteiger charge is 2.48. The molecule has 192 valence electrons. The van der Waals surface area contributed by atoms with Crippen molar-refractivity contribution in [3.63, 3.8) is 0 Å². The minimum absolute atomic E-state index is 0.0501. The predicted octanol–water partition coefficient (Wildman–Crippen LogP) is 4.52. The first-order valence-corrected chi connectivity index (χ1v) is 12.2. The first-order chi connectivity index (χ1) is 17.8. The maximum Gasteiger partial charge on any atom is 0.309 e. The molecule has 0 radical (unpaired) electrons. The number of aliphatic carboxylic acids is 1. The summed E-state index contributed by atoms with van der Waals surface area (Å²) in [5.41, 5.74) is 4.61. The Hall–Kier alpha value is -4.04. The van der Waals surface area contributed by atoms with E-state index in [-0.39, 0.29) is 25.2 Å². The Balaban J connectivity index is 1.47. The van der Waals surface area contributed by atoms with Gasteiger partial charge in [0.2, 0.25) is 12.7 Å². The van der Waals surface area contributed by atoms with E-state index < -0.39 is 17.9 Å². The molecule has 2 heterocycles. The fourth-order valence-electron chi connectivity index (χ4n) is 5.28. The number of carboxylic acid groups (broad SMARTS) is 1. The highest BCUT2D eigenvalue weighted by Crippen LogP contribution is 2.47. The van der Waals surface area contributed by atoms with E-state index in [0.29, 0.717) is 23.8 Å². The van der Waals surface area contributed by atoms with Crippen LogP contribution in [-0.4, -0.2) is 48.9 Å². The maximum absolute atomic E-state index is 13.2. The summed E-state index contributed by atoms with van der Waals surface area (Å²) in [6.07, 6.45) is 0. The number of hydrogen-bond donors (Lipinski definition) is 2. The summed E-state index contributed by atoms with van der Waals surface area (Å²) in [7, 11) is 1.59. The van der Waals surface area contributed by atoms with Crippen LogP contribution in [0.3, 0.4) is 0 Å². The van der Waals surface area contributed by atoms with E-state index in [9.17, 15) is 14.7 Å². The van der Waals surface area contributed by atoms with Gasteiger partial charge in [-0.3, -0.25) is 14.5 Å². The number of amides is 1. The second-order valence-corrected chi connectivity index (χ2v) is 9.58. The first kappa shape index (κ1) is 24.6. The number of nitrogens with zero attached hydrogens (tertiary/aromatic N) is 1. The van der Waals surface area contributed by atoms with Crippen LogP contribution in [0.2, 0.25) is 0 Å². The molecule has 0 spiro atoms. The number of anilines is 1. The molecule has 37 heavy (non-hydrogen) atoms. The summed E-state index contributed by atoms with van der Waals surface area (Å²) in [6, 6.07) is 18.2. The molecule has 2 N–H and O–H groups in total. The van der Waals surface area contributed by atoms with E-state index in [0.717, 1.165) is 27.9 Å². The number of ether oxygens (including phenoxy) is 3. The molecule has 2 aliphatic heterocycles. The van der Waals surface area contributed by atoms with Gasteiger partial charge in [-0.05, 0) is 72.5 Å². The van der Waals surface area contributed by atoms with Crippen LogP contribution < -0.4 is 19.5 Å². The summed E-state index contributed by atoms with van der Waals surface area (Å²) in [5, 5.41) is 13.4. The van der Waals surface area contributed by atoms with Crippen molar-refractivity contribution in [1.29, 1.82) is 0 Å². The largest absolute Gasteiger partial charge is 0.497 e. The molecule has 1 amide bonds. The number of hydrogen-bond acceptors (Lipinski definition) is 6. The number of benzene rings is 3. The quantitative estimate of drug-likeness (QED) is 0.490. The third-order valence-electron chi connectivity index (χ3n) is 7.30. The van der Waals surface area contributed by atoms with Crippen LogP contribution in [0.5, 0.6) is 17.2 Å². The van der Waals surface area contributed by atoms with Gasteiger partial charge >= 0.3 is 5.97 Å². The smallest absolute Gasteiger partial charge is 0.309 e. The summed E-state index contributed by atoms with van der Waals surface area (Å²) in [6.45, 7) is 4.61. The number of aryl methyl sites for hydroxylation is 2. The average Bonchev–Trinajstić information content (AvgIpc) is 3.50. The molecule has 0 aromatic heterocycles. The van der Waals surface area contributed by atoms with E-state index in [1.54, 1.807) is 7.11 Å². The topological polar surface area (TPSA) is 97.3 Å². The zero-order valence-electron chi connectivity index (χ0n) is 21.1. The molecule has 3 atom stereocenters. The highest BCUT2D eigenvalue weighted by molar-refractivity contribution is 5.92. The van der Waals surface area contributed by atoms with Gasteiger partial charge in [-0.25, -0.2) is 0 Å². The third-order valence-corrected chi connectivity index (χ3v) is 7.30. The number of carbonyl (C=O) groups excluding carboxylic acids is 1. The average molecular weight is 503 g/mol. The summed E-state index contributed by atoms with van der Waals surface area (Å²) in [4.78, 5) is 27.8. The molecule has 0 saturated carbocycles. The zero-order valence-corrected chi connectivity index (χ0v) is 21.1. The molecule has 8 nitrogen and oxygen atoms in total. The number of likely N-dealkylation sites (tertiary alicyclic amines) is 1. The molecule has 5 rings (SSSR count). The van der Waals surface area contributed by atoms with Gasteiger partial charge < -0.3 is 24.6 Å². The lowest BCUT2D eigenvalue weighted by Gasteiger charge is -2.27. The second-order valence-electron chi connectivity index (χ2n) is 9.58. The van der Waals surface area contributed by atoms with Crippen LogP contribution in [0.4, 0.5) is 5.69 Å². The minimum Gasteiger partial charge on any atom is -0.497 e. The predicted molar refractivity (Wildman–Crippen MR) is 138 cm³/mol. The maximum atomic E-state index is 13.2. The number of methoxy groups -OCH3 is 1. The molecule has 0 aliphatic carbocycles. The van der Waals surface area contributed by atoms with E-state index in [1.807, 2.05) is 79.4 Å². The van der Waals surface area contributed by atoms with Crippen LogP contribution in [0.15, 0.2) is 60.7 Å². The first-order valence-electron chi connectivity index (χ1n) is 12.2. The van der Waals surface area contributed by atoms with Crippen molar-refractivity contribution in [2.75, 3.05) is 32.3 Å². The number of nitrogens with one attached hydrogen (secondary N) is 1. The molecular formula is C29H30N2O6. The zero-order chi connectivity index (χ0) is 26.1. The van der Waals surface area contributed by atoms with Gasteiger partial charge in [0.25, 0.3) is 0 Å². The Bertz CT molecular complexity index is 1320. The van der Waals surface area contributed by atoms with Crippen molar-refractivity contribution >= 4 is 17.6 Å². The van der Waals surface area contributed by atoms with Crippen LogP contribution >= 0.6 is 0 Å². The molecule has 0 bridgehead atoms. The van der Waals surface area contributed by atoms with Crippen molar-refractivity contribution in [2.45, 2.75) is 25.8 Å². The standard InChI is InChI=1S/C29H30N2O6/c1-17-4-8-21(12-18(17)2)30-26(32)15-31-14-23(20-7-11-24-25(13-20)37-16-36-24)27(29(33)34)28(31)19-5-9-22(35-3)10-6-19/h4-13,23,27-28H,14-16H2,1-3H3,(H,30,32)(H,33,34)/t23-,27+,28-/m1/s1. The van der Waals surface area contributed by atoms with Gasteiger partial charge in [0, 0.05) is 24.2 Å². The Kier molecular flexibility index (Phi) is 6.76. The van der Waals surface area contributed by atoms with Crippen molar-refractivity contribution in [2.24, 2.45) is 5.92 Å². The Morgan fingerprint density at radius 1 is 0.973 bits per heavy atom. The number of fused-ring (bicyclic) bond motifs is 1. The number of carboxylic acids is 1. The summed E-state index contributed by atoms with van der Waals surface area (Å²) >= 11 is 0. The monoisotopic (exact) mass is 502 g/mol. The third kappa shape index (κ3) is 4.97.